The van der Waals surface area contributed by atoms with Gasteiger partial charge in [-0.05, 0) is 13.3 Å². The molecule has 0 aromatic carbocycles. The van der Waals surface area contributed by atoms with Crippen molar-refractivity contribution >= 4 is 6.09 Å². The van der Waals surface area contributed by atoms with Crippen molar-refractivity contribution in [1.29, 1.82) is 5.26 Å². The lowest BCUT2D eigenvalue weighted by Crippen LogP contribution is -2.46. The van der Waals surface area contributed by atoms with Gasteiger partial charge in [0.15, 0.2) is 0 Å². The fourth-order valence-corrected chi connectivity index (χ4v) is 1.62. The van der Waals surface area contributed by atoms with Gasteiger partial charge in [0, 0.05) is 13.2 Å². The quantitative estimate of drug-likeness (QED) is 0.715. The number of amides is 1. The summed E-state index contributed by atoms with van der Waals surface area (Å²) in [5.41, 5.74) is 0. The molecule has 1 aliphatic heterocycles. The number of rotatable bonds is 2. The van der Waals surface area contributed by atoms with Gasteiger partial charge >= 0.3 is 6.09 Å². The first-order valence-electron chi connectivity index (χ1n) is 4.68. The minimum atomic E-state index is -0.939. The van der Waals surface area contributed by atoms with Crippen LogP contribution in [0.15, 0.2) is 0 Å². The van der Waals surface area contributed by atoms with E-state index in [4.69, 9.17) is 15.1 Å². The molecule has 0 spiro atoms. The largest absolute Gasteiger partial charge is 0.465 e. The lowest BCUT2D eigenvalue weighted by molar-refractivity contribution is -0.0119. The highest BCUT2D eigenvalue weighted by molar-refractivity contribution is 5.65. The molecule has 5 nitrogen and oxygen atoms in total. The smallest absolute Gasteiger partial charge is 0.407 e. The molecule has 78 valence electrons. The molecule has 0 bridgehead atoms. The van der Waals surface area contributed by atoms with Crippen LogP contribution in [-0.2, 0) is 4.74 Å². The second-order valence-electron chi connectivity index (χ2n) is 3.25. The van der Waals surface area contributed by atoms with Gasteiger partial charge in [-0.2, -0.15) is 5.26 Å². The van der Waals surface area contributed by atoms with Gasteiger partial charge in [-0.3, -0.25) is 0 Å². The first-order valence-corrected chi connectivity index (χ1v) is 4.68. The number of nitriles is 1. The van der Waals surface area contributed by atoms with E-state index in [9.17, 15) is 4.79 Å². The molecule has 0 radical (unpaired) electrons. The molecule has 0 aliphatic carbocycles. The molecule has 1 fully saturated rings. The van der Waals surface area contributed by atoms with Crippen molar-refractivity contribution in [3.8, 4) is 6.07 Å². The Kier molecular flexibility index (Phi) is 3.72. The average molecular weight is 198 g/mol. The van der Waals surface area contributed by atoms with E-state index >= 15 is 0 Å². The molecule has 0 aromatic heterocycles. The summed E-state index contributed by atoms with van der Waals surface area (Å²) in [4.78, 5) is 12.0. The van der Waals surface area contributed by atoms with Gasteiger partial charge in [-0.1, -0.05) is 0 Å². The van der Waals surface area contributed by atoms with Crippen LogP contribution >= 0.6 is 0 Å². The van der Waals surface area contributed by atoms with Crippen LogP contribution in [0.3, 0.4) is 0 Å². The molecule has 1 rings (SSSR count). The molecule has 1 aliphatic rings. The molecule has 1 saturated heterocycles. The normalized spacial score (nSPS) is 27.0. The maximum atomic E-state index is 10.7. The van der Waals surface area contributed by atoms with Crippen molar-refractivity contribution in [1.82, 2.24) is 4.90 Å². The third-order valence-electron chi connectivity index (χ3n) is 2.38. The molecule has 5 heteroatoms. The van der Waals surface area contributed by atoms with Crippen molar-refractivity contribution in [2.75, 3.05) is 19.7 Å². The molecule has 2 atom stereocenters. The van der Waals surface area contributed by atoms with Crippen LogP contribution in [0.5, 0.6) is 0 Å². The Morgan fingerprint density at radius 1 is 1.79 bits per heavy atom. The van der Waals surface area contributed by atoms with E-state index in [0.29, 0.717) is 26.1 Å². The van der Waals surface area contributed by atoms with Crippen molar-refractivity contribution in [3.05, 3.63) is 0 Å². The Hall–Kier alpha value is -1.28. The Balaban J connectivity index is 2.58. The number of carbonyl (C=O) groups is 1. The summed E-state index contributed by atoms with van der Waals surface area (Å²) in [6, 6.07) is 2.15. The van der Waals surface area contributed by atoms with Crippen LogP contribution in [0.25, 0.3) is 0 Å². The van der Waals surface area contributed by atoms with E-state index in [-0.39, 0.29) is 12.0 Å². The average Bonchev–Trinajstić information content (AvgIpc) is 2.18. The second-order valence-corrected chi connectivity index (χ2v) is 3.25. The summed E-state index contributed by atoms with van der Waals surface area (Å²) in [6.07, 6.45) is -0.644. The first-order chi connectivity index (χ1) is 6.69. The van der Waals surface area contributed by atoms with Crippen LogP contribution in [0.2, 0.25) is 0 Å². The van der Waals surface area contributed by atoms with E-state index in [1.54, 1.807) is 0 Å². The highest BCUT2D eigenvalue weighted by Gasteiger charge is 2.31. The molecule has 1 amide bonds. The Labute approximate surface area is 82.9 Å². The second kappa shape index (κ2) is 4.82. The van der Waals surface area contributed by atoms with Gasteiger partial charge in [0.25, 0.3) is 0 Å². The monoisotopic (exact) mass is 198 g/mol. The van der Waals surface area contributed by atoms with E-state index in [2.05, 4.69) is 6.07 Å². The zero-order valence-corrected chi connectivity index (χ0v) is 8.14. The molecular weight excluding hydrogens is 184 g/mol. The Morgan fingerprint density at radius 3 is 3.00 bits per heavy atom. The molecule has 0 saturated carbocycles. The zero-order chi connectivity index (χ0) is 10.6. The zero-order valence-electron chi connectivity index (χ0n) is 8.14. The Morgan fingerprint density at radius 2 is 2.50 bits per heavy atom. The van der Waals surface area contributed by atoms with E-state index in [1.165, 1.54) is 4.90 Å². The van der Waals surface area contributed by atoms with Crippen LogP contribution in [0.4, 0.5) is 4.79 Å². The van der Waals surface area contributed by atoms with Crippen LogP contribution in [-0.4, -0.2) is 41.9 Å². The topological polar surface area (TPSA) is 73.6 Å². The number of nitrogens with zero attached hydrogens (tertiary/aromatic N) is 2. The van der Waals surface area contributed by atoms with Gasteiger partial charge in [0.2, 0.25) is 0 Å². The van der Waals surface area contributed by atoms with Gasteiger partial charge in [0.1, 0.15) is 0 Å². The number of piperidine rings is 1. The maximum Gasteiger partial charge on any atom is 0.407 e. The molecular formula is C9H14N2O3. The van der Waals surface area contributed by atoms with E-state index in [1.807, 2.05) is 6.92 Å². The summed E-state index contributed by atoms with van der Waals surface area (Å²) in [7, 11) is 0. The predicted molar refractivity (Wildman–Crippen MR) is 48.7 cm³/mol. The fraction of sp³-hybridized carbons (Fsp3) is 0.778. The third kappa shape index (κ3) is 2.36. The van der Waals surface area contributed by atoms with Crippen LogP contribution in [0.1, 0.15) is 13.3 Å². The standard InChI is InChI=1S/C9H14N2O3/c1-2-14-8-6-11(9(12)13)4-3-7(8)5-10/h7-8H,2-4,6H2,1H3,(H,12,13)/t7-,8+/m1/s1. The summed E-state index contributed by atoms with van der Waals surface area (Å²) in [6.45, 7) is 3.09. The predicted octanol–water partition coefficient (Wildman–Crippen LogP) is 0.915. The van der Waals surface area contributed by atoms with E-state index < -0.39 is 6.09 Å². The maximum absolute atomic E-state index is 10.7. The van der Waals surface area contributed by atoms with Gasteiger partial charge < -0.3 is 14.7 Å². The van der Waals surface area contributed by atoms with Gasteiger partial charge in [-0.25, -0.2) is 4.79 Å². The highest BCUT2D eigenvalue weighted by Crippen LogP contribution is 2.19. The van der Waals surface area contributed by atoms with Gasteiger partial charge in [-0.15, -0.1) is 0 Å². The lowest BCUT2D eigenvalue weighted by atomic mass is 9.95. The Bertz CT molecular complexity index is 249. The van der Waals surface area contributed by atoms with Crippen molar-refractivity contribution < 1.29 is 14.6 Å². The molecule has 0 unspecified atom stereocenters. The van der Waals surface area contributed by atoms with Crippen molar-refractivity contribution in [2.24, 2.45) is 5.92 Å². The SMILES string of the molecule is CCO[C@H]1CN(C(=O)O)CC[C@@H]1C#N. The molecule has 0 aromatic rings. The highest BCUT2D eigenvalue weighted by atomic mass is 16.5. The van der Waals surface area contributed by atoms with Crippen LogP contribution in [0, 0.1) is 17.2 Å². The number of likely N-dealkylation sites (tertiary alicyclic amines) is 1. The summed E-state index contributed by atoms with van der Waals surface area (Å²) in [5, 5.41) is 17.6. The summed E-state index contributed by atoms with van der Waals surface area (Å²) >= 11 is 0. The first kappa shape index (κ1) is 10.8. The summed E-state index contributed by atoms with van der Waals surface area (Å²) < 4.78 is 5.34. The number of hydrogen-bond acceptors (Lipinski definition) is 3. The number of hydrogen-bond donors (Lipinski definition) is 1. The van der Waals surface area contributed by atoms with Crippen molar-refractivity contribution in [3.63, 3.8) is 0 Å². The molecule has 14 heavy (non-hydrogen) atoms. The van der Waals surface area contributed by atoms with Crippen LogP contribution < -0.4 is 0 Å². The minimum Gasteiger partial charge on any atom is -0.465 e. The third-order valence-corrected chi connectivity index (χ3v) is 2.38. The number of carboxylic acid groups (broad SMARTS) is 1. The summed E-state index contributed by atoms with van der Waals surface area (Å²) in [5.74, 6) is -0.175. The van der Waals surface area contributed by atoms with E-state index in [0.717, 1.165) is 0 Å². The molecule has 1 heterocycles. The fourth-order valence-electron chi connectivity index (χ4n) is 1.62. The molecule has 1 N–H and O–H groups in total. The lowest BCUT2D eigenvalue weighted by Gasteiger charge is -2.33. The van der Waals surface area contributed by atoms with Crippen molar-refractivity contribution in [2.45, 2.75) is 19.4 Å². The minimum absolute atomic E-state index is 0.175. The number of ether oxygens (including phenoxy) is 1. The van der Waals surface area contributed by atoms with Gasteiger partial charge in [0.05, 0.1) is 24.6 Å².